The minimum atomic E-state index is -4.22. The molecule has 3 rings (SSSR count). The van der Waals surface area contributed by atoms with Gasteiger partial charge in [0, 0.05) is 23.2 Å². The van der Waals surface area contributed by atoms with Crippen molar-refractivity contribution in [2.24, 2.45) is 0 Å². The molecule has 10 heteroatoms. The van der Waals surface area contributed by atoms with Crippen molar-refractivity contribution in [1.29, 1.82) is 0 Å². The van der Waals surface area contributed by atoms with Crippen LogP contribution in [0.1, 0.15) is 38.3 Å². The maximum absolute atomic E-state index is 14.6. The first kappa shape index (κ1) is 30.1. The van der Waals surface area contributed by atoms with Gasteiger partial charge in [-0.2, -0.15) is 0 Å². The summed E-state index contributed by atoms with van der Waals surface area (Å²) in [4.78, 5) is 28.1. The van der Waals surface area contributed by atoms with Crippen LogP contribution in [0.5, 0.6) is 0 Å². The van der Waals surface area contributed by atoms with Crippen LogP contribution in [-0.4, -0.2) is 43.8 Å². The molecule has 0 heterocycles. The van der Waals surface area contributed by atoms with Gasteiger partial charge in [0.25, 0.3) is 10.0 Å². The van der Waals surface area contributed by atoms with Gasteiger partial charge in [-0.25, -0.2) is 12.8 Å². The van der Waals surface area contributed by atoms with Gasteiger partial charge in [-0.1, -0.05) is 61.0 Å². The van der Waals surface area contributed by atoms with Crippen molar-refractivity contribution in [3.8, 4) is 0 Å². The van der Waals surface area contributed by atoms with E-state index in [0.29, 0.717) is 17.0 Å². The van der Waals surface area contributed by atoms with E-state index in [2.05, 4.69) is 5.32 Å². The van der Waals surface area contributed by atoms with E-state index in [1.807, 2.05) is 13.8 Å². The predicted octanol–water partition coefficient (Wildman–Crippen LogP) is 5.31. The van der Waals surface area contributed by atoms with Gasteiger partial charge in [0.2, 0.25) is 11.8 Å². The van der Waals surface area contributed by atoms with E-state index in [1.54, 1.807) is 43.3 Å². The van der Waals surface area contributed by atoms with Crippen LogP contribution >= 0.6 is 11.6 Å². The Morgan fingerprint density at radius 2 is 1.64 bits per heavy atom. The number of carbonyl (C=O) groups is 2. The second-order valence-electron chi connectivity index (χ2n) is 9.36. The first-order chi connectivity index (χ1) is 18.4. The zero-order valence-corrected chi connectivity index (χ0v) is 24.0. The molecule has 0 saturated carbocycles. The van der Waals surface area contributed by atoms with Crippen molar-refractivity contribution in [2.75, 3.05) is 10.8 Å². The van der Waals surface area contributed by atoms with Crippen LogP contribution < -0.4 is 9.62 Å². The molecule has 0 spiro atoms. The first-order valence-corrected chi connectivity index (χ1v) is 14.4. The fraction of sp³-hybridized carbons (Fsp3) is 0.310. The summed E-state index contributed by atoms with van der Waals surface area (Å²) in [6, 6.07) is 17.3. The average Bonchev–Trinajstić information content (AvgIpc) is 2.92. The summed E-state index contributed by atoms with van der Waals surface area (Å²) in [6.07, 6.45) is 0.677. The molecule has 0 unspecified atom stereocenters. The quantitative estimate of drug-likeness (QED) is 0.337. The molecule has 0 aliphatic rings. The van der Waals surface area contributed by atoms with E-state index in [1.165, 1.54) is 48.2 Å². The lowest BCUT2D eigenvalue weighted by Gasteiger charge is -2.33. The highest BCUT2D eigenvalue weighted by Crippen LogP contribution is 2.30. The lowest BCUT2D eigenvalue weighted by atomic mass is 10.1. The minimum absolute atomic E-state index is 0.0135. The Labute approximate surface area is 234 Å². The lowest BCUT2D eigenvalue weighted by Crippen LogP contribution is -2.52. The van der Waals surface area contributed by atoms with Gasteiger partial charge in [-0.3, -0.25) is 13.9 Å². The zero-order valence-electron chi connectivity index (χ0n) is 22.4. The number of benzene rings is 3. The Bertz CT molecular complexity index is 1420. The van der Waals surface area contributed by atoms with Crippen LogP contribution in [0.15, 0.2) is 77.7 Å². The molecule has 7 nitrogen and oxygen atoms in total. The van der Waals surface area contributed by atoms with Crippen molar-refractivity contribution < 1.29 is 22.4 Å². The molecule has 208 valence electrons. The van der Waals surface area contributed by atoms with Crippen molar-refractivity contribution in [1.82, 2.24) is 10.2 Å². The van der Waals surface area contributed by atoms with E-state index < -0.39 is 40.2 Å². The topological polar surface area (TPSA) is 86.8 Å². The Kier molecular flexibility index (Phi) is 10.1. The molecular weight excluding hydrogens is 541 g/mol. The van der Waals surface area contributed by atoms with E-state index in [4.69, 9.17) is 11.6 Å². The number of rotatable bonds is 11. The van der Waals surface area contributed by atoms with Gasteiger partial charge >= 0.3 is 0 Å². The minimum Gasteiger partial charge on any atom is -0.352 e. The zero-order chi connectivity index (χ0) is 28.7. The third-order valence-electron chi connectivity index (χ3n) is 6.52. The molecule has 0 fully saturated rings. The number of aryl methyl sites for hydroxylation is 1. The molecule has 2 atom stereocenters. The summed E-state index contributed by atoms with van der Waals surface area (Å²) in [7, 11) is -4.22. The molecule has 0 aromatic heterocycles. The van der Waals surface area contributed by atoms with Gasteiger partial charge in [0.15, 0.2) is 0 Å². The molecule has 39 heavy (non-hydrogen) atoms. The summed E-state index contributed by atoms with van der Waals surface area (Å²) < 4.78 is 43.3. The summed E-state index contributed by atoms with van der Waals surface area (Å²) in [5, 5.41) is 3.14. The number of nitrogens with zero attached hydrogens (tertiary/aromatic N) is 2. The summed E-state index contributed by atoms with van der Waals surface area (Å²) >= 11 is 6.22. The smallest absolute Gasteiger partial charge is 0.264 e. The monoisotopic (exact) mass is 573 g/mol. The molecule has 0 aliphatic heterocycles. The van der Waals surface area contributed by atoms with Crippen molar-refractivity contribution in [3.63, 3.8) is 0 Å². The van der Waals surface area contributed by atoms with E-state index in [-0.39, 0.29) is 28.7 Å². The number of anilines is 1. The number of nitrogens with one attached hydrogen (secondary N) is 1. The third kappa shape index (κ3) is 7.36. The molecule has 0 saturated heterocycles. The first-order valence-electron chi connectivity index (χ1n) is 12.6. The number of halogens is 2. The Morgan fingerprint density at radius 1 is 1.00 bits per heavy atom. The fourth-order valence-electron chi connectivity index (χ4n) is 3.94. The molecule has 1 N–H and O–H groups in total. The standard InChI is InChI=1S/C29H33ClFN3O4S/c1-5-21(3)32-29(36)22(4)33(18-23-11-9-10-14-26(23)31)28(35)19-34(27-17-24(30)16-15-20(27)2)39(37,38)25-12-7-6-8-13-25/h6-17,21-22H,5,18-19H2,1-4H3,(H,32,36)/t21-,22-/m0/s1. The van der Waals surface area contributed by atoms with Gasteiger partial charge in [-0.15, -0.1) is 0 Å². The maximum Gasteiger partial charge on any atom is 0.264 e. The molecule has 3 aromatic carbocycles. The van der Waals surface area contributed by atoms with Gasteiger partial charge in [0.1, 0.15) is 18.4 Å². The van der Waals surface area contributed by atoms with Crippen LogP contribution in [0, 0.1) is 12.7 Å². The van der Waals surface area contributed by atoms with Crippen molar-refractivity contribution >= 4 is 39.1 Å². The van der Waals surface area contributed by atoms with Crippen LogP contribution in [0.4, 0.5) is 10.1 Å². The van der Waals surface area contributed by atoms with Gasteiger partial charge in [0.05, 0.1) is 10.6 Å². The second-order valence-corrected chi connectivity index (χ2v) is 11.7. The molecule has 0 radical (unpaired) electrons. The number of sulfonamides is 1. The number of hydrogen-bond acceptors (Lipinski definition) is 4. The molecule has 0 aliphatic carbocycles. The van der Waals surface area contributed by atoms with E-state index in [0.717, 1.165) is 4.31 Å². The van der Waals surface area contributed by atoms with Crippen LogP contribution in [0.2, 0.25) is 5.02 Å². The highest BCUT2D eigenvalue weighted by Gasteiger charge is 2.33. The Morgan fingerprint density at radius 3 is 2.28 bits per heavy atom. The highest BCUT2D eigenvalue weighted by atomic mass is 35.5. The molecule has 3 aromatic rings. The van der Waals surface area contributed by atoms with Gasteiger partial charge in [-0.05, 0) is 63.1 Å². The fourth-order valence-corrected chi connectivity index (χ4v) is 5.60. The molecular formula is C29H33ClFN3O4S. The summed E-state index contributed by atoms with van der Waals surface area (Å²) in [5.74, 6) is -1.64. The predicted molar refractivity (Wildman–Crippen MR) is 151 cm³/mol. The van der Waals surface area contributed by atoms with Crippen LogP contribution in [-0.2, 0) is 26.2 Å². The summed E-state index contributed by atoms with van der Waals surface area (Å²) in [6.45, 7) is 6.14. The average molecular weight is 574 g/mol. The van der Waals surface area contributed by atoms with Crippen molar-refractivity contribution in [2.45, 2.75) is 57.6 Å². The van der Waals surface area contributed by atoms with Crippen LogP contribution in [0.25, 0.3) is 0 Å². The SMILES string of the molecule is CC[C@H](C)NC(=O)[C@H](C)N(Cc1ccccc1F)C(=O)CN(c1cc(Cl)ccc1C)S(=O)(=O)c1ccccc1. The molecule has 0 bridgehead atoms. The number of amides is 2. The highest BCUT2D eigenvalue weighted by molar-refractivity contribution is 7.92. The van der Waals surface area contributed by atoms with E-state index >= 15 is 0 Å². The van der Waals surface area contributed by atoms with Gasteiger partial charge < -0.3 is 10.2 Å². The third-order valence-corrected chi connectivity index (χ3v) is 8.53. The normalized spacial score (nSPS) is 12.9. The lowest BCUT2D eigenvalue weighted by molar-refractivity contribution is -0.139. The largest absolute Gasteiger partial charge is 0.352 e. The molecule has 2 amide bonds. The van der Waals surface area contributed by atoms with Crippen molar-refractivity contribution in [3.05, 3.63) is 94.8 Å². The Hall–Kier alpha value is -3.43. The van der Waals surface area contributed by atoms with Crippen LogP contribution in [0.3, 0.4) is 0 Å². The number of hydrogen-bond donors (Lipinski definition) is 1. The number of carbonyl (C=O) groups excluding carboxylic acids is 2. The Balaban J connectivity index is 2.07. The maximum atomic E-state index is 14.6. The second kappa shape index (κ2) is 13.1. The van der Waals surface area contributed by atoms with E-state index in [9.17, 15) is 22.4 Å². The summed E-state index contributed by atoms with van der Waals surface area (Å²) in [5.41, 5.74) is 1.00.